The molecule has 4 amide bonds. The highest BCUT2D eigenvalue weighted by molar-refractivity contribution is 6.04. The van der Waals surface area contributed by atoms with Crippen molar-refractivity contribution in [2.75, 3.05) is 0 Å². The fourth-order valence-corrected chi connectivity index (χ4v) is 4.18. The highest BCUT2D eigenvalue weighted by atomic mass is 19.3. The minimum atomic E-state index is -2.65. The number of nitrogens with zero attached hydrogens (tertiary/aromatic N) is 2. The predicted molar refractivity (Wildman–Crippen MR) is 118 cm³/mol. The average Bonchev–Trinajstić information content (AvgIpc) is 3.28. The predicted octanol–water partition coefficient (Wildman–Crippen LogP) is 4.08. The van der Waals surface area contributed by atoms with Gasteiger partial charge in [0.25, 0.3) is 36.5 Å². The maximum atomic E-state index is 12.7. The maximum Gasteiger partial charge on any atom is 0.560 e. The van der Waals surface area contributed by atoms with Gasteiger partial charge in [-0.3, -0.25) is 28.9 Å². The summed E-state index contributed by atoms with van der Waals surface area (Å²) in [6.45, 7) is 0. The van der Waals surface area contributed by atoms with Crippen LogP contribution in [0.25, 0.3) is 0 Å². The lowest BCUT2D eigenvalue weighted by atomic mass is 9.97. The third kappa shape index (κ3) is 5.82. The Bertz CT molecular complexity index is 1160. The summed E-state index contributed by atoms with van der Waals surface area (Å²) in [5, 5.41) is 0.348. The molecule has 9 nitrogen and oxygen atoms in total. The first-order chi connectivity index (χ1) is 18.0. The van der Waals surface area contributed by atoms with Crippen molar-refractivity contribution in [1.82, 2.24) is 10.1 Å². The Morgan fingerprint density at radius 3 is 1.34 bits per heavy atom. The van der Waals surface area contributed by atoms with E-state index in [-0.39, 0.29) is 46.9 Å². The van der Waals surface area contributed by atoms with Crippen LogP contribution in [0, 0.1) is 11.8 Å². The van der Waals surface area contributed by atoms with Gasteiger partial charge in [-0.05, 0) is 24.0 Å². The minimum absolute atomic E-state index is 0.0199. The fraction of sp³-hybridized carbons (Fsp3) is 0.320. The number of rotatable bonds is 8. The SMILES string of the molecule is O=C(ON1C(=O)CC(Cc2ccc(C(F)F)cc2)C1=O)ON1C(=O)CC(Cc2ccc(C(F)F)cc2)C1=O. The molecule has 2 heterocycles. The van der Waals surface area contributed by atoms with Crippen LogP contribution in [-0.4, -0.2) is 39.9 Å². The van der Waals surface area contributed by atoms with Crippen LogP contribution in [0.2, 0.25) is 0 Å². The number of amides is 4. The first-order valence-electron chi connectivity index (χ1n) is 11.4. The molecule has 0 aromatic heterocycles. The molecule has 0 bridgehead atoms. The molecule has 0 radical (unpaired) electrons. The van der Waals surface area contributed by atoms with Gasteiger partial charge < -0.3 is 0 Å². The van der Waals surface area contributed by atoms with Crippen molar-refractivity contribution in [3.63, 3.8) is 0 Å². The monoisotopic (exact) mass is 536 g/mol. The molecule has 2 unspecified atom stereocenters. The topological polar surface area (TPSA) is 110 Å². The zero-order valence-corrected chi connectivity index (χ0v) is 19.5. The van der Waals surface area contributed by atoms with Crippen LogP contribution in [-0.2, 0) is 41.7 Å². The van der Waals surface area contributed by atoms with Crippen molar-refractivity contribution in [1.29, 1.82) is 0 Å². The Hall–Kier alpha value is -4.29. The van der Waals surface area contributed by atoms with Crippen LogP contribution in [0.5, 0.6) is 0 Å². The Morgan fingerprint density at radius 2 is 1.03 bits per heavy atom. The molecule has 2 aliphatic rings. The number of hydrogen-bond donors (Lipinski definition) is 0. The first-order valence-corrected chi connectivity index (χ1v) is 11.4. The van der Waals surface area contributed by atoms with Crippen LogP contribution in [0.4, 0.5) is 22.4 Å². The Kier molecular flexibility index (Phi) is 7.74. The van der Waals surface area contributed by atoms with Gasteiger partial charge in [0.15, 0.2) is 0 Å². The van der Waals surface area contributed by atoms with Crippen LogP contribution in [0.3, 0.4) is 0 Å². The van der Waals surface area contributed by atoms with Crippen molar-refractivity contribution < 1.29 is 51.2 Å². The van der Waals surface area contributed by atoms with Crippen molar-refractivity contribution in [3.8, 4) is 0 Å². The van der Waals surface area contributed by atoms with Gasteiger partial charge in [-0.1, -0.05) is 58.7 Å². The van der Waals surface area contributed by atoms with Gasteiger partial charge in [-0.15, -0.1) is 0 Å². The summed E-state index contributed by atoms with van der Waals surface area (Å²) >= 11 is 0. The molecular weight excluding hydrogens is 516 g/mol. The van der Waals surface area contributed by atoms with E-state index in [9.17, 15) is 41.5 Å². The summed E-state index contributed by atoms with van der Waals surface area (Å²) in [5.41, 5.74) is 0.614. The third-order valence-corrected chi connectivity index (χ3v) is 6.15. The van der Waals surface area contributed by atoms with Crippen molar-refractivity contribution in [3.05, 3.63) is 70.8 Å². The molecule has 13 heteroatoms. The molecule has 2 fully saturated rings. The molecule has 2 aromatic carbocycles. The number of imide groups is 2. The maximum absolute atomic E-state index is 12.7. The van der Waals surface area contributed by atoms with Crippen molar-refractivity contribution in [2.45, 2.75) is 38.5 Å². The molecule has 0 aliphatic carbocycles. The molecule has 38 heavy (non-hydrogen) atoms. The number of carbonyl (C=O) groups excluding carboxylic acids is 5. The molecule has 0 N–H and O–H groups in total. The summed E-state index contributed by atoms with van der Waals surface area (Å²) in [4.78, 5) is 71.1. The molecule has 4 rings (SSSR count). The lowest BCUT2D eigenvalue weighted by Gasteiger charge is -2.17. The van der Waals surface area contributed by atoms with Crippen LogP contribution in [0.15, 0.2) is 48.5 Å². The lowest BCUT2D eigenvalue weighted by Crippen LogP contribution is -2.39. The standard InChI is InChI=1S/C25H20F4N2O7/c26-21(27)15-5-1-13(2-6-15)9-17-11-19(32)30(23(17)34)37-25(36)38-31-20(33)12-18(24(31)35)10-14-3-7-16(8-4-14)22(28)29/h1-8,17-18,21-22H,9-12H2. The Balaban J connectivity index is 1.32. The van der Waals surface area contributed by atoms with E-state index < -0.39 is 54.5 Å². The number of halogens is 4. The zero-order chi connectivity index (χ0) is 27.6. The van der Waals surface area contributed by atoms with E-state index in [1.54, 1.807) is 0 Å². The summed E-state index contributed by atoms with van der Waals surface area (Å²) in [5.74, 6) is -5.36. The molecule has 2 atom stereocenters. The average molecular weight is 536 g/mol. The fourth-order valence-electron chi connectivity index (χ4n) is 4.18. The van der Waals surface area contributed by atoms with Crippen LogP contribution >= 0.6 is 0 Å². The van der Waals surface area contributed by atoms with Crippen molar-refractivity contribution >= 4 is 29.8 Å². The molecule has 2 aliphatic heterocycles. The number of hydrogen-bond acceptors (Lipinski definition) is 7. The zero-order valence-electron chi connectivity index (χ0n) is 19.5. The molecule has 2 aromatic rings. The van der Waals surface area contributed by atoms with Gasteiger partial charge in [0.1, 0.15) is 0 Å². The second-order valence-electron chi connectivity index (χ2n) is 8.78. The van der Waals surface area contributed by atoms with Gasteiger partial charge in [-0.2, -0.15) is 4.79 Å². The summed E-state index contributed by atoms with van der Waals surface area (Å²) in [6, 6.07) is 10.4. The number of hydroxylamine groups is 4. The van der Waals surface area contributed by atoms with E-state index in [0.717, 1.165) is 0 Å². The van der Waals surface area contributed by atoms with Crippen LogP contribution < -0.4 is 0 Å². The lowest BCUT2D eigenvalue weighted by molar-refractivity contribution is -0.199. The van der Waals surface area contributed by atoms with Gasteiger partial charge in [0.05, 0.1) is 11.8 Å². The number of benzene rings is 2. The number of alkyl halides is 4. The van der Waals surface area contributed by atoms with Crippen LogP contribution in [0.1, 0.15) is 47.9 Å². The van der Waals surface area contributed by atoms with Gasteiger partial charge in [-0.25, -0.2) is 17.6 Å². The third-order valence-electron chi connectivity index (χ3n) is 6.15. The summed E-state index contributed by atoms with van der Waals surface area (Å²) in [6.07, 6.45) is -7.58. The van der Waals surface area contributed by atoms with E-state index in [2.05, 4.69) is 9.68 Å². The second kappa shape index (κ2) is 11.0. The number of carbonyl (C=O) groups is 5. The Labute approximate surface area is 212 Å². The van der Waals surface area contributed by atoms with E-state index in [1.807, 2.05) is 0 Å². The highest BCUT2D eigenvalue weighted by Crippen LogP contribution is 2.28. The summed E-state index contributed by atoms with van der Waals surface area (Å²) < 4.78 is 50.8. The van der Waals surface area contributed by atoms with Crippen molar-refractivity contribution in [2.24, 2.45) is 11.8 Å². The first kappa shape index (κ1) is 26.8. The quantitative estimate of drug-likeness (QED) is 0.369. The van der Waals surface area contributed by atoms with E-state index >= 15 is 0 Å². The van der Waals surface area contributed by atoms with E-state index in [4.69, 9.17) is 0 Å². The normalized spacial score (nSPS) is 19.7. The molecule has 200 valence electrons. The van der Waals surface area contributed by atoms with E-state index in [0.29, 0.717) is 11.1 Å². The molecule has 2 saturated heterocycles. The molecular formula is C25H20F4N2O7. The second-order valence-corrected chi connectivity index (χ2v) is 8.78. The molecule has 0 spiro atoms. The van der Waals surface area contributed by atoms with E-state index in [1.165, 1.54) is 48.5 Å². The van der Waals surface area contributed by atoms with Gasteiger partial charge in [0.2, 0.25) is 0 Å². The Morgan fingerprint density at radius 1 is 0.684 bits per heavy atom. The largest absolute Gasteiger partial charge is 0.560 e. The molecule has 0 saturated carbocycles. The minimum Gasteiger partial charge on any atom is -0.293 e. The summed E-state index contributed by atoms with van der Waals surface area (Å²) in [7, 11) is 0. The van der Waals surface area contributed by atoms with Gasteiger partial charge in [0, 0.05) is 24.0 Å². The van der Waals surface area contributed by atoms with Gasteiger partial charge >= 0.3 is 6.16 Å². The smallest absolute Gasteiger partial charge is 0.293 e. The highest BCUT2D eigenvalue weighted by Gasteiger charge is 2.45.